The van der Waals surface area contributed by atoms with Crippen LogP contribution in [0.2, 0.25) is 5.15 Å². The fourth-order valence-electron chi connectivity index (χ4n) is 2.05. The number of halogens is 2. The number of pyridine rings is 1. The molecule has 6 nitrogen and oxygen atoms in total. The maximum atomic E-state index is 14.2. The summed E-state index contributed by atoms with van der Waals surface area (Å²) in [5.41, 5.74) is -0.638. The lowest BCUT2D eigenvalue weighted by Crippen LogP contribution is -2.36. The van der Waals surface area contributed by atoms with Crippen molar-refractivity contribution >= 4 is 23.4 Å². The van der Waals surface area contributed by atoms with Crippen LogP contribution in [0.25, 0.3) is 0 Å². The molecule has 8 heteroatoms. The first-order chi connectivity index (χ1) is 10.8. The number of nitrogens with zero attached hydrogens (tertiary/aromatic N) is 2. The molecular weight excluding hydrogens is 327 g/mol. The number of hydrogen-bond acceptors (Lipinski definition) is 6. The summed E-state index contributed by atoms with van der Waals surface area (Å²) in [6, 6.07) is 1.24. The highest BCUT2D eigenvalue weighted by molar-refractivity contribution is 6.31. The van der Waals surface area contributed by atoms with Crippen LogP contribution < -0.4 is 9.64 Å². The van der Waals surface area contributed by atoms with E-state index >= 15 is 0 Å². The minimum Gasteiger partial charge on any atom is -0.476 e. The Kier molecular flexibility index (Phi) is 5.64. The van der Waals surface area contributed by atoms with Crippen molar-refractivity contribution in [3.63, 3.8) is 0 Å². The quantitative estimate of drug-likeness (QED) is 0.616. The summed E-state index contributed by atoms with van der Waals surface area (Å²) >= 11 is 5.98. The molecule has 0 N–H and O–H groups in total. The summed E-state index contributed by atoms with van der Waals surface area (Å²) in [4.78, 5) is 17.6. The minimum atomic E-state index is -0.671. The molecule has 0 amide bonds. The standard InChI is InChI=1S/C15H20ClFN2O4/c1-15(2,3)23-12(20)9-22-13-10(17)8-11(18-14(13)16)19-4-6-21-7-5-19/h8H,4-7,9H2,1-3H3. The summed E-state index contributed by atoms with van der Waals surface area (Å²) in [5.74, 6) is -1.12. The first kappa shape index (κ1) is 17.7. The van der Waals surface area contributed by atoms with Crippen LogP contribution in [0.3, 0.4) is 0 Å². The molecule has 1 aromatic rings. The zero-order chi connectivity index (χ0) is 17.0. The van der Waals surface area contributed by atoms with Gasteiger partial charge in [0.05, 0.1) is 13.2 Å². The molecule has 1 aliphatic rings. The third kappa shape index (κ3) is 5.21. The lowest BCUT2D eigenvalue weighted by Gasteiger charge is -2.28. The predicted molar refractivity (Wildman–Crippen MR) is 83.6 cm³/mol. The number of aromatic nitrogens is 1. The number of morpholine rings is 1. The Morgan fingerprint density at radius 3 is 2.65 bits per heavy atom. The van der Waals surface area contributed by atoms with E-state index in [1.54, 1.807) is 20.8 Å². The van der Waals surface area contributed by atoms with E-state index in [1.807, 2.05) is 4.90 Å². The Morgan fingerprint density at radius 1 is 1.43 bits per heavy atom. The van der Waals surface area contributed by atoms with E-state index in [2.05, 4.69) is 4.98 Å². The van der Waals surface area contributed by atoms with Crippen LogP contribution in [-0.2, 0) is 14.3 Å². The van der Waals surface area contributed by atoms with Crippen LogP contribution in [0, 0.1) is 5.82 Å². The topological polar surface area (TPSA) is 60.9 Å². The third-order valence-corrected chi connectivity index (χ3v) is 3.22. The Hall–Kier alpha value is -1.60. The van der Waals surface area contributed by atoms with E-state index in [1.165, 1.54) is 6.07 Å². The van der Waals surface area contributed by atoms with Gasteiger partial charge in [0.2, 0.25) is 0 Å². The number of rotatable bonds is 4. The van der Waals surface area contributed by atoms with Crippen molar-refractivity contribution < 1.29 is 23.4 Å². The van der Waals surface area contributed by atoms with E-state index in [0.29, 0.717) is 32.1 Å². The van der Waals surface area contributed by atoms with Crippen molar-refractivity contribution in [2.45, 2.75) is 26.4 Å². The zero-order valence-corrected chi connectivity index (χ0v) is 14.2. The molecule has 1 saturated heterocycles. The maximum Gasteiger partial charge on any atom is 0.344 e. The van der Waals surface area contributed by atoms with Crippen LogP contribution in [0.4, 0.5) is 10.2 Å². The molecule has 0 unspecified atom stereocenters. The average Bonchev–Trinajstić information content (AvgIpc) is 2.45. The molecule has 128 valence electrons. The van der Waals surface area contributed by atoms with Gasteiger partial charge in [-0.3, -0.25) is 0 Å². The summed E-state index contributed by atoms with van der Waals surface area (Å²) in [6.07, 6.45) is 0. The van der Waals surface area contributed by atoms with Crippen molar-refractivity contribution in [1.29, 1.82) is 0 Å². The van der Waals surface area contributed by atoms with Crippen molar-refractivity contribution in [3.05, 3.63) is 17.0 Å². The van der Waals surface area contributed by atoms with Gasteiger partial charge >= 0.3 is 5.97 Å². The summed E-state index contributed by atoms with van der Waals surface area (Å²) < 4.78 is 29.6. The molecule has 0 aliphatic carbocycles. The SMILES string of the molecule is CC(C)(C)OC(=O)COc1c(F)cc(N2CCOCC2)nc1Cl. The second-order valence-corrected chi connectivity index (χ2v) is 6.41. The highest BCUT2D eigenvalue weighted by Crippen LogP contribution is 2.30. The maximum absolute atomic E-state index is 14.2. The number of carbonyl (C=O) groups is 1. The fraction of sp³-hybridized carbons (Fsp3) is 0.600. The number of hydrogen-bond donors (Lipinski definition) is 0. The molecule has 1 aromatic heterocycles. The van der Waals surface area contributed by atoms with Crippen LogP contribution in [0.5, 0.6) is 5.75 Å². The van der Waals surface area contributed by atoms with Gasteiger partial charge in [0.1, 0.15) is 11.4 Å². The van der Waals surface area contributed by atoms with Crippen LogP contribution >= 0.6 is 11.6 Å². The van der Waals surface area contributed by atoms with Gasteiger partial charge in [-0.25, -0.2) is 14.2 Å². The normalized spacial score (nSPS) is 15.4. The molecule has 0 aromatic carbocycles. The van der Waals surface area contributed by atoms with Crippen LogP contribution in [0.15, 0.2) is 6.07 Å². The van der Waals surface area contributed by atoms with Gasteiger partial charge in [0.25, 0.3) is 0 Å². The molecule has 1 fully saturated rings. The number of anilines is 1. The highest BCUT2D eigenvalue weighted by atomic mass is 35.5. The van der Waals surface area contributed by atoms with Gasteiger partial charge in [-0.15, -0.1) is 0 Å². The largest absolute Gasteiger partial charge is 0.476 e. The van der Waals surface area contributed by atoms with Crippen molar-refractivity contribution in [2.75, 3.05) is 37.8 Å². The number of ether oxygens (including phenoxy) is 3. The molecule has 0 spiro atoms. The van der Waals surface area contributed by atoms with Gasteiger partial charge in [0, 0.05) is 19.2 Å². The first-order valence-electron chi connectivity index (χ1n) is 7.29. The van der Waals surface area contributed by atoms with E-state index in [-0.39, 0.29) is 10.9 Å². The van der Waals surface area contributed by atoms with Crippen molar-refractivity contribution in [1.82, 2.24) is 4.98 Å². The molecule has 2 heterocycles. The Morgan fingerprint density at radius 2 is 2.09 bits per heavy atom. The minimum absolute atomic E-state index is 0.130. The summed E-state index contributed by atoms with van der Waals surface area (Å²) in [7, 11) is 0. The van der Waals surface area contributed by atoms with Gasteiger partial charge in [0.15, 0.2) is 23.3 Å². The smallest absolute Gasteiger partial charge is 0.344 e. The average molecular weight is 347 g/mol. The first-order valence-corrected chi connectivity index (χ1v) is 7.67. The van der Waals surface area contributed by atoms with Crippen LogP contribution in [-0.4, -0.2) is 49.5 Å². The van der Waals surface area contributed by atoms with Crippen molar-refractivity contribution in [3.8, 4) is 5.75 Å². The van der Waals surface area contributed by atoms with Crippen LogP contribution in [0.1, 0.15) is 20.8 Å². The summed E-state index contributed by atoms with van der Waals surface area (Å²) in [5, 5.41) is -0.130. The highest BCUT2D eigenvalue weighted by Gasteiger charge is 2.21. The Balaban J connectivity index is 2.04. The number of esters is 1. The molecule has 0 bridgehead atoms. The molecule has 2 rings (SSSR count). The summed E-state index contributed by atoms with van der Waals surface area (Å²) in [6.45, 7) is 7.09. The lowest BCUT2D eigenvalue weighted by atomic mass is 10.2. The van der Waals surface area contributed by atoms with E-state index in [4.69, 9.17) is 25.8 Å². The molecule has 23 heavy (non-hydrogen) atoms. The second kappa shape index (κ2) is 7.31. The molecule has 0 radical (unpaired) electrons. The molecule has 0 atom stereocenters. The van der Waals surface area contributed by atoms with E-state index in [0.717, 1.165) is 0 Å². The van der Waals surface area contributed by atoms with Gasteiger partial charge in [-0.2, -0.15) is 0 Å². The Bertz CT molecular complexity index is 548. The molecule has 0 saturated carbocycles. The van der Waals surface area contributed by atoms with Crippen molar-refractivity contribution in [2.24, 2.45) is 0 Å². The molecule has 1 aliphatic heterocycles. The monoisotopic (exact) mass is 346 g/mol. The van der Waals surface area contributed by atoms with Gasteiger partial charge < -0.3 is 19.1 Å². The predicted octanol–water partition coefficient (Wildman–Crippen LogP) is 2.43. The molecular formula is C15H20ClFN2O4. The third-order valence-electron chi connectivity index (χ3n) is 2.96. The zero-order valence-electron chi connectivity index (χ0n) is 13.4. The number of carbonyl (C=O) groups excluding carboxylic acids is 1. The van der Waals surface area contributed by atoms with E-state index in [9.17, 15) is 9.18 Å². The van der Waals surface area contributed by atoms with Gasteiger partial charge in [-0.1, -0.05) is 11.6 Å². The lowest BCUT2D eigenvalue weighted by molar-refractivity contribution is -0.157. The fourth-order valence-corrected chi connectivity index (χ4v) is 2.28. The Labute approximate surface area is 139 Å². The van der Waals surface area contributed by atoms with Gasteiger partial charge in [-0.05, 0) is 20.8 Å². The second-order valence-electron chi connectivity index (χ2n) is 6.06. The van der Waals surface area contributed by atoms with E-state index < -0.39 is 24.0 Å².